The number of azide groups is 1. The molecule has 0 amide bonds. The molecule has 0 aromatic heterocycles. The van der Waals surface area contributed by atoms with E-state index in [0.717, 1.165) is 4.47 Å². The molecule has 0 atom stereocenters. The predicted octanol–water partition coefficient (Wildman–Crippen LogP) is 2.82. The van der Waals surface area contributed by atoms with Crippen LogP contribution in [0.4, 0.5) is 0 Å². The van der Waals surface area contributed by atoms with E-state index in [-0.39, 0.29) is 4.90 Å². The van der Waals surface area contributed by atoms with E-state index in [0.29, 0.717) is 25.9 Å². The number of rotatable bonds is 7. The number of nitrogens with zero attached hydrogens (tertiary/aromatic N) is 3. The molecule has 0 saturated heterocycles. The van der Waals surface area contributed by atoms with Gasteiger partial charge in [0.1, 0.15) is 0 Å². The van der Waals surface area contributed by atoms with E-state index in [1.807, 2.05) is 0 Å². The van der Waals surface area contributed by atoms with Crippen LogP contribution in [0.3, 0.4) is 0 Å². The van der Waals surface area contributed by atoms with Crippen LogP contribution in [0, 0.1) is 0 Å². The van der Waals surface area contributed by atoms with E-state index in [1.54, 1.807) is 12.1 Å². The Labute approximate surface area is 114 Å². The molecule has 6 nitrogen and oxygen atoms in total. The van der Waals surface area contributed by atoms with Crippen molar-refractivity contribution >= 4 is 26.0 Å². The molecule has 0 radical (unpaired) electrons. The van der Waals surface area contributed by atoms with Crippen molar-refractivity contribution in [1.82, 2.24) is 4.72 Å². The summed E-state index contributed by atoms with van der Waals surface area (Å²) in [5.41, 5.74) is 8.07. The quantitative estimate of drug-likeness (QED) is 0.359. The van der Waals surface area contributed by atoms with Crippen LogP contribution in [-0.4, -0.2) is 21.5 Å². The minimum atomic E-state index is -3.44. The third-order valence-corrected chi connectivity index (χ3v) is 4.17. The minimum Gasteiger partial charge on any atom is -0.211 e. The van der Waals surface area contributed by atoms with E-state index in [9.17, 15) is 8.42 Å². The first-order valence-corrected chi connectivity index (χ1v) is 7.60. The predicted molar refractivity (Wildman–Crippen MR) is 72.6 cm³/mol. The zero-order valence-corrected chi connectivity index (χ0v) is 12.0. The van der Waals surface area contributed by atoms with Crippen LogP contribution in [-0.2, 0) is 10.0 Å². The van der Waals surface area contributed by atoms with Gasteiger partial charge in [0, 0.05) is 22.5 Å². The fourth-order valence-corrected chi connectivity index (χ4v) is 2.59. The fourth-order valence-electron chi connectivity index (χ4n) is 1.26. The number of hydrogen-bond donors (Lipinski definition) is 1. The first-order valence-electron chi connectivity index (χ1n) is 5.32. The number of sulfonamides is 1. The second-order valence-corrected chi connectivity index (χ2v) is 6.20. The van der Waals surface area contributed by atoms with Gasteiger partial charge in [0.05, 0.1) is 4.90 Å². The normalized spacial score (nSPS) is 10.9. The third-order valence-electron chi connectivity index (χ3n) is 2.16. The Morgan fingerprint density at radius 2 is 1.94 bits per heavy atom. The Morgan fingerprint density at radius 1 is 1.28 bits per heavy atom. The standard InChI is InChI=1S/C10H13BrN4O2S/c11-9-3-5-10(6-4-9)18(16,17)14-8-2-1-7-13-15-12/h3-6,14H,1-2,7-8H2. The van der Waals surface area contributed by atoms with Crippen molar-refractivity contribution in [3.8, 4) is 0 Å². The molecule has 0 aliphatic heterocycles. The van der Waals surface area contributed by atoms with E-state index in [4.69, 9.17) is 5.53 Å². The van der Waals surface area contributed by atoms with Gasteiger partial charge in [-0.2, -0.15) is 0 Å². The lowest BCUT2D eigenvalue weighted by atomic mass is 10.3. The van der Waals surface area contributed by atoms with Crippen LogP contribution in [0.15, 0.2) is 38.7 Å². The summed E-state index contributed by atoms with van der Waals surface area (Å²) in [6.45, 7) is 0.718. The van der Waals surface area contributed by atoms with Crippen LogP contribution in [0.25, 0.3) is 10.4 Å². The van der Waals surface area contributed by atoms with E-state index < -0.39 is 10.0 Å². The molecule has 0 aliphatic rings. The summed E-state index contributed by atoms with van der Waals surface area (Å²) < 4.78 is 27.0. The van der Waals surface area contributed by atoms with Crippen LogP contribution in [0.5, 0.6) is 0 Å². The lowest BCUT2D eigenvalue weighted by Gasteiger charge is -2.06. The summed E-state index contributed by atoms with van der Waals surface area (Å²) in [5.74, 6) is 0. The van der Waals surface area contributed by atoms with E-state index in [2.05, 4.69) is 30.7 Å². The van der Waals surface area contributed by atoms with Crippen molar-refractivity contribution in [2.75, 3.05) is 13.1 Å². The zero-order valence-electron chi connectivity index (χ0n) is 9.58. The molecular weight excluding hydrogens is 320 g/mol. The second-order valence-electron chi connectivity index (χ2n) is 3.51. The number of hydrogen-bond acceptors (Lipinski definition) is 3. The van der Waals surface area contributed by atoms with Gasteiger partial charge >= 0.3 is 0 Å². The molecule has 18 heavy (non-hydrogen) atoms. The monoisotopic (exact) mass is 332 g/mol. The molecule has 0 fully saturated rings. The highest BCUT2D eigenvalue weighted by Gasteiger charge is 2.12. The molecule has 1 N–H and O–H groups in total. The van der Waals surface area contributed by atoms with Crippen molar-refractivity contribution in [2.24, 2.45) is 5.11 Å². The summed E-state index contributed by atoms with van der Waals surface area (Å²) in [6, 6.07) is 6.42. The maximum Gasteiger partial charge on any atom is 0.240 e. The zero-order chi connectivity index (χ0) is 13.4. The summed E-state index contributed by atoms with van der Waals surface area (Å²) in [4.78, 5) is 2.86. The van der Waals surface area contributed by atoms with Gasteiger partial charge in [-0.25, -0.2) is 13.1 Å². The largest absolute Gasteiger partial charge is 0.240 e. The molecule has 1 rings (SSSR count). The average Bonchev–Trinajstić information content (AvgIpc) is 2.34. The summed E-state index contributed by atoms with van der Waals surface area (Å²) in [5, 5.41) is 3.37. The van der Waals surface area contributed by atoms with Crippen LogP contribution in [0.1, 0.15) is 12.8 Å². The highest BCUT2D eigenvalue weighted by Crippen LogP contribution is 2.14. The summed E-state index contributed by atoms with van der Waals surface area (Å²) in [6.07, 6.45) is 1.29. The fraction of sp³-hybridized carbons (Fsp3) is 0.400. The van der Waals surface area contributed by atoms with Crippen molar-refractivity contribution in [2.45, 2.75) is 17.7 Å². The van der Waals surface area contributed by atoms with Crippen molar-refractivity contribution in [3.63, 3.8) is 0 Å². The number of halogens is 1. The lowest BCUT2D eigenvalue weighted by molar-refractivity contribution is 0.577. The number of unbranched alkanes of at least 4 members (excludes halogenated alkanes) is 1. The van der Waals surface area contributed by atoms with Crippen LogP contribution >= 0.6 is 15.9 Å². The van der Waals surface area contributed by atoms with Crippen molar-refractivity contribution < 1.29 is 8.42 Å². The van der Waals surface area contributed by atoms with Gasteiger partial charge in [-0.15, -0.1) is 0 Å². The molecule has 8 heteroatoms. The molecule has 0 saturated carbocycles. The molecule has 1 aromatic rings. The van der Waals surface area contributed by atoms with Crippen LogP contribution in [0.2, 0.25) is 0 Å². The Balaban J connectivity index is 2.45. The topological polar surface area (TPSA) is 94.9 Å². The molecule has 98 valence electrons. The Bertz CT molecular complexity index is 523. The van der Waals surface area contributed by atoms with Gasteiger partial charge in [0.25, 0.3) is 0 Å². The second kappa shape index (κ2) is 7.38. The highest BCUT2D eigenvalue weighted by molar-refractivity contribution is 9.10. The van der Waals surface area contributed by atoms with Gasteiger partial charge in [0.2, 0.25) is 10.0 Å². The first kappa shape index (κ1) is 15.0. The Morgan fingerprint density at radius 3 is 2.56 bits per heavy atom. The third kappa shape index (κ3) is 5.05. The molecule has 0 bridgehead atoms. The molecule has 0 unspecified atom stereocenters. The summed E-state index contributed by atoms with van der Waals surface area (Å²) >= 11 is 3.25. The van der Waals surface area contributed by atoms with E-state index >= 15 is 0 Å². The summed E-state index contributed by atoms with van der Waals surface area (Å²) in [7, 11) is -3.44. The smallest absolute Gasteiger partial charge is 0.211 e. The van der Waals surface area contributed by atoms with Gasteiger partial charge in [-0.1, -0.05) is 21.0 Å². The van der Waals surface area contributed by atoms with Crippen molar-refractivity contribution in [1.29, 1.82) is 0 Å². The van der Waals surface area contributed by atoms with Gasteiger partial charge in [0.15, 0.2) is 0 Å². The number of benzene rings is 1. The number of nitrogens with one attached hydrogen (secondary N) is 1. The molecule has 1 aromatic carbocycles. The molecular formula is C10H13BrN4O2S. The Hall–Kier alpha value is -1.08. The minimum absolute atomic E-state index is 0.237. The highest BCUT2D eigenvalue weighted by atomic mass is 79.9. The first-order chi connectivity index (χ1) is 8.56. The van der Waals surface area contributed by atoms with Crippen molar-refractivity contribution in [3.05, 3.63) is 39.2 Å². The van der Waals surface area contributed by atoms with Crippen LogP contribution < -0.4 is 4.72 Å². The van der Waals surface area contributed by atoms with Gasteiger partial charge in [-0.05, 0) is 42.6 Å². The lowest BCUT2D eigenvalue weighted by Crippen LogP contribution is -2.24. The maximum atomic E-state index is 11.8. The van der Waals surface area contributed by atoms with Gasteiger partial charge < -0.3 is 0 Å². The SMILES string of the molecule is [N-]=[N+]=NCCCCNS(=O)(=O)c1ccc(Br)cc1. The average molecular weight is 333 g/mol. The maximum absolute atomic E-state index is 11.8. The molecule has 0 spiro atoms. The van der Waals surface area contributed by atoms with E-state index in [1.165, 1.54) is 12.1 Å². The van der Waals surface area contributed by atoms with Gasteiger partial charge in [-0.3, -0.25) is 0 Å². The Kier molecular flexibility index (Phi) is 6.14. The molecule has 0 aliphatic carbocycles. The molecule has 0 heterocycles.